The second kappa shape index (κ2) is 7.62. The summed E-state index contributed by atoms with van der Waals surface area (Å²) in [5.41, 5.74) is 1.22. The van der Waals surface area contributed by atoms with Gasteiger partial charge in [-0.3, -0.25) is 4.90 Å². The van der Waals surface area contributed by atoms with Crippen LogP contribution in [0.25, 0.3) is 0 Å². The van der Waals surface area contributed by atoms with Crippen molar-refractivity contribution in [2.24, 2.45) is 0 Å². The Hall–Kier alpha value is -1.10. The maximum atomic E-state index is 5.95. The lowest BCUT2D eigenvalue weighted by Crippen LogP contribution is -2.16. The average Bonchev–Trinajstić information content (AvgIpc) is 2.83. The molecule has 0 spiro atoms. The molecule has 0 aromatic carbocycles. The normalized spacial score (nSPS) is 11.0. The highest BCUT2D eigenvalue weighted by molar-refractivity contribution is 7.16. The van der Waals surface area contributed by atoms with E-state index in [-0.39, 0.29) is 0 Å². The monoisotopic (exact) mass is 309 g/mol. The molecule has 0 fully saturated rings. The van der Waals surface area contributed by atoms with E-state index in [1.165, 1.54) is 10.4 Å². The molecule has 0 unspecified atom stereocenters. The van der Waals surface area contributed by atoms with Crippen molar-refractivity contribution in [3.63, 3.8) is 0 Å². The van der Waals surface area contributed by atoms with Crippen molar-refractivity contribution in [2.75, 3.05) is 18.9 Å². The number of nitrogens with one attached hydrogen (secondary N) is 1. The Bertz CT molecular complexity index is 524. The summed E-state index contributed by atoms with van der Waals surface area (Å²) in [4.78, 5) is 7.97. The van der Waals surface area contributed by atoms with Crippen LogP contribution in [0.15, 0.2) is 30.5 Å². The lowest BCUT2D eigenvalue weighted by Gasteiger charge is -2.15. The van der Waals surface area contributed by atoms with Gasteiger partial charge in [0.1, 0.15) is 5.82 Å². The van der Waals surface area contributed by atoms with Crippen molar-refractivity contribution in [1.82, 2.24) is 9.88 Å². The van der Waals surface area contributed by atoms with Crippen LogP contribution in [0.5, 0.6) is 0 Å². The highest BCUT2D eigenvalue weighted by Crippen LogP contribution is 2.22. The third-order valence-electron chi connectivity index (χ3n) is 2.89. The predicted octanol–water partition coefficient (Wildman–Crippen LogP) is 4.25. The van der Waals surface area contributed by atoms with Crippen molar-refractivity contribution < 1.29 is 0 Å². The van der Waals surface area contributed by atoms with Crippen LogP contribution in [0.1, 0.15) is 23.8 Å². The zero-order chi connectivity index (χ0) is 14.4. The smallest absolute Gasteiger partial charge is 0.125 e. The molecule has 0 aliphatic carbocycles. The number of hydrogen-bond donors (Lipinski definition) is 1. The molecule has 0 bridgehead atoms. The quantitative estimate of drug-likeness (QED) is 0.828. The van der Waals surface area contributed by atoms with Gasteiger partial charge in [-0.15, -0.1) is 11.3 Å². The Balaban J connectivity index is 1.85. The van der Waals surface area contributed by atoms with Gasteiger partial charge in [-0.25, -0.2) is 4.98 Å². The molecule has 0 aliphatic heterocycles. The van der Waals surface area contributed by atoms with E-state index >= 15 is 0 Å². The zero-order valence-corrected chi connectivity index (χ0v) is 13.5. The van der Waals surface area contributed by atoms with Gasteiger partial charge in [0, 0.05) is 30.7 Å². The van der Waals surface area contributed by atoms with Gasteiger partial charge in [0.25, 0.3) is 0 Å². The van der Waals surface area contributed by atoms with Crippen molar-refractivity contribution in [3.8, 4) is 0 Å². The first-order valence-electron chi connectivity index (χ1n) is 6.79. The highest BCUT2D eigenvalue weighted by Gasteiger charge is 2.04. The van der Waals surface area contributed by atoms with Gasteiger partial charge >= 0.3 is 0 Å². The van der Waals surface area contributed by atoms with E-state index in [2.05, 4.69) is 41.3 Å². The minimum Gasteiger partial charge on any atom is -0.370 e. The summed E-state index contributed by atoms with van der Waals surface area (Å²) in [7, 11) is 2.11. The predicted molar refractivity (Wildman–Crippen MR) is 87.5 cm³/mol. The van der Waals surface area contributed by atoms with Crippen LogP contribution in [0, 0.1) is 0 Å². The standard InChI is InChI=1S/C15H20ClN3S/c1-3-8-17-15-7-4-12(9-18-15)10-19(2)11-13-5-6-14(16)20-13/h4-7,9H,3,8,10-11H2,1-2H3,(H,17,18). The Morgan fingerprint density at radius 3 is 2.70 bits per heavy atom. The zero-order valence-electron chi connectivity index (χ0n) is 11.9. The van der Waals surface area contributed by atoms with Crippen LogP contribution >= 0.6 is 22.9 Å². The molecule has 5 heteroatoms. The SMILES string of the molecule is CCCNc1ccc(CN(C)Cc2ccc(Cl)s2)cn1. The minimum absolute atomic E-state index is 0.849. The van der Waals surface area contributed by atoms with Crippen LogP contribution < -0.4 is 5.32 Å². The van der Waals surface area contributed by atoms with E-state index in [1.807, 2.05) is 18.3 Å². The second-order valence-electron chi connectivity index (χ2n) is 4.86. The number of anilines is 1. The fourth-order valence-corrected chi connectivity index (χ4v) is 3.11. The number of thiophene rings is 1. The Labute approximate surface area is 129 Å². The lowest BCUT2D eigenvalue weighted by molar-refractivity contribution is 0.321. The molecule has 0 saturated heterocycles. The van der Waals surface area contributed by atoms with Gasteiger partial charge in [0.2, 0.25) is 0 Å². The molecule has 2 heterocycles. The summed E-state index contributed by atoms with van der Waals surface area (Å²) >= 11 is 7.58. The summed E-state index contributed by atoms with van der Waals surface area (Å²) in [5, 5.41) is 3.28. The number of rotatable bonds is 7. The van der Waals surface area contributed by atoms with Crippen LogP contribution in [0.4, 0.5) is 5.82 Å². The van der Waals surface area contributed by atoms with E-state index in [4.69, 9.17) is 11.6 Å². The Kier molecular flexibility index (Phi) is 5.83. The molecule has 2 aromatic heterocycles. The van der Waals surface area contributed by atoms with E-state index in [0.29, 0.717) is 0 Å². The first kappa shape index (κ1) is 15.3. The van der Waals surface area contributed by atoms with Crippen molar-refractivity contribution in [2.45, 2.75) is 26.4 Å². The number of pyridine rings is 1. The van der Waals surface area contributed by atoms with E-state index in [0.717, 1.165) is 36.2 Å². The van der Waals surface area contributed by atoms with Crippen LogP contribution in [0.2, 0.25) is 4.34 Å². The number of nitrogens with zero attached hydrogens (tertiary/aromatic N) is 2. The lowest BCUT2D eigenvalue weighted by atomic mass is 10.2. The molecule has 3 nitrogen and oxygen atoms in total. The Morgan fingerprint density at radius 1 is 1.25 bits per heavy atom. The number of halogens is 1. The summed E-state index contributed by atoms with van der Waals surface area (Å²) in [5.74, 6) is 0.947. The topological polar surface area (TPSA) is 28.2 Å². The first-order chi connectivity index (χ1) is 9.67. The van der Waals surface area contributed by atoms with Gasteiger partial charge in [-0.1, -0.05) is 24.6 Å². The molecule has 0 saturated carbocycles. The first-order valence-corrected chi connectivity index (χ1v) is 7.98. The molecule has 108 valence electrons. The number of hydrogen-bond acceptors (Lipinski definition) is 4. The summed E-state index contributed by atoms with van der Waals surface area (Å²) in [6, 6.07) is 8.20. The third-order valence-corrected chi connectivity index (χ3v) is 4.10. The average molecular weight is 310 g/mol. The molecular formula is C15H20ClN3S. The number of aromatic nitrogens is 1. The summed E-state index contributed by atoms with van der Waals surface area (Å²) in [6.07, 6.45) is 3.05. The molecule has 0 aliphatic rings. The van der Waals surface area contributed by atoms with Gasteiger partial charge < -0.3 is 5.32 Å². The van der Waals surface area contributed by atoms with Gasteiger partial charge in [-0.2, -0.15) is 0 Å². The van der Waals surface area contributed by atoms with E-state index < -0.39 is 0 Å². The molecule has 0 amide bonds. The van der Waals surface area contributed by atoms with Crippen molar-refractivity contribution in [3.05, 3.63) is 45.2 Å². The van der Waals surface area contributed by atoms with Gasteiger partial charge in [-0.05, 0) is 37.2 Å². The molecule has 0 radical (unpaired) electrons. The summed E-state index contributed by atoms with van der Waals surface area (Å²) < 4.78 is 0.849. The van der Waals surface area contributed by atoms with Gasteiger partial charge in [0.15, 0.2) is 0 Å². The third kappa shape index (κ3) is 4.78. The molecular weight excluding hydrogens is 290 g/mol. The van der Waals surface area contributed by atoms with Crippen molar-refractivity contribution in [1.29, 1.82) is 0 Å². The van der Waals surface area contributed by atoms with Gasteiger partial charge in [0.05, 0.1) is 4.34 Å². The molecule has 1 N–H and O–H groups in total. The summed E-state index contributed by atoms with van der Waals surface area (Å²) in [6.45, 7) is 4.91. The van der Waals surface area contributed by atoms with Crippen LogP contribution in [-0.2, 0) is 13.1 Å². The van der Waals surface area contributed by atoms with E-state index in [1.54, 1.807) is 11.3 Å². The largest absolute Gasteiger partial charge is 0.370 e. The molecule has 2 aromatic rings. The molecule has 0 atom stereocenters. The van der Waals surface area contributed by atoms with Crippen molar-refractivity contribution >= 4 is 28.8 Å². The molecule has 20 heavy (non-hydrogen) atoms. The fraction of sp³-hybridized carbons (Fsp3) is 0.400. The second-order valence-corrected chi connectivity index (χ2v) is 6.66. The maximum Gasteiger partial charge on any atom is 0.125 e. The minimum atomic E-state index is 0.849. The Morgan fingerprint density at radius 2 is 2.10 bits per heavy atom. The van der Waals surface area contributed by atoms with Crippen LogP contribution in [-0.4, -0.2) is 23.5 Å². The maximum absolute atomic E-state index is 5.95. The highest BCUT2D eigenvalue weighted by atomic mass is 35.5. The van der Waals surface area contributed by atoms with Crippen LogP contribution in [0.3, 0.4) is 0 Å². The fourth-order valence-electron chi connectivity index (χ4n) is 1.95. The van der Waals surface area contributed by atoms with E-state index in [9.17, 15) is 0 Å². The molecule has 2 rings (SSSR count).